The molecule has 0 unspecified atom stereocenters. The molecule has 0 aliphatic carbocycles. The highest BCUT2D eigenvalue weighted by molar-refractivity contribution is 9.10. The third-order valence-corrected chi connectivity index (χ3v) is 7.77. The van der Waals surface area contributed by atoms with Gasteiger partial charge in [0.2, 0.25) is 5.91 Å². The van der Waals surface area contributed by atoms with Gasteiger partial charge in [-0.05, 0) is 29.3 Å². The molecule has 1 amide bonds. The van der Waals surface area contributed by atoms with Crippen LogP contribution < -0.4 is 0 Å². The van der Waals surface area contributed by atoms with Crippen molar-refractivity contribution in [2.75, 3.05) is 0 Å². The van der Waals surface area contributed by atoms with Gasteiger partial charge in [0.1, 0.15) is 0 Å². The van der Waals surface area contributed by atoms with E-state index in [0.717, 1.165) is 19.9 Å². The number of hydrogen-bond acceptors (Lipinski definition) is 3. The third kappa shape index (κ3) is 2.78. The summed E-state index contributed by atoms with van der Waals surface area (Å²) in [5, 5.41) is 0. The van der Waals surface area contributed by atoms with Crippen LogP contribution in [0.2, 0.25) is 0 Å². The van der Waals surface area contributed by atoms with Gasteiger partial charge in [0.15, 0.2) is 0 Å². The number of nitrogens with zero attached hydrogens (tertiary/aromatic N) is 1. The minimum Gasteiger partial charge on any atom is -0.273 e. The summed E-state index contributed by atoms with van der Waals surface area (Å²) in [6, 6.07) is 24.0. The molecule has 144 valence electrons. The number of rotatable bonds is 2. The molecule has 5 rings (SSSR count). The van der Waals surface area contributed by atoms with Gasteiger partial charge in [-0.25, -0.2) is 12.7 Å². The van der Waals surface area contributed by atoms with E-state index in [0.29, 0.717) is 11.3 Å². The fourth-order valence-electron chi connectivity index (χ4n) is 4.17. The molecule has 2 atom stereocenters. The van der Waals surface area contributed by atoms with Crippen molar-refractivity contribution in [1.82, 2.24) is 4.31 Å². The number of halogens is 1. The molecule has 0 spiro atoms. The Bertz CT molecular complexity index is 1250. The number of sulfonamides is 1. The van der Waals surface area contributed by atoms with Gasteiger partial charge in [-0.15, -0.1) is 0 Å². The first-order valence-corrected chi connectivity index (χ1v) is 11.4. The quantitative estimate of drug-likeness (QED) is 0.540. The van der Waals surface area contributed by atoms with E-state index in [2.05, 4.69) is 15.9 Å². The van der Waals surface area contributed by atoms with Crippen LogP contribution in [0.4, 0.5) is 0 Å². The summed E-state index contributed by atoms with van der Waals surface area (Å²) in [7, 11) is -3.90. The van der Waals surface area contributed by atoms with Crippen molar-refractivity contribution >= 4 is 37.6 Å². The van der Waals surface area contributed by atoms with E-state index in [-0.39, 0.29) is 10.8 Å². The van der Waals surface area contributed by atoms with Crippen LogP contribution in [-0.2, 0) is 14.8 Å². The van der Waals surface area contributed by atoms with Gasteiger partial charge >= 0.3 is 0 Å². The molecule has 0 bridgehead atoms. The van der Waals surface area contributed by atoms with Crippen molar-refractivity contribution in [1.29, 1.82) is 0 Å². The lowest BCUT2D eigenvalue weighted by Gasteiger charge is -2.34. The van der Waals surface area contributed by atoms with Crippen molar-refractivity contribution in [3.8, 4) is 0 Å². The van der Waals surface area contributed by atoms with E-state index >= 15 is 0 Å². The lowest BCUT2D eigenvalue weighted by molar-refractivity contribution is -0.126. The second kappa shape index (κ2) is 6.68. The summed E-state index contributed by atoms with van der Waals surface area (Å²) in [6.07, 6.45) is 1.92. The topological polar surface area (TPSA) is 54.5 Å². The Morgan fingerprint density at radius 1 is 0.793 bits per heavy atom. The fraction of sp³-hybridized carbons (Fsp3) is 0.0870. The lowest BCUT2D eigenvalue weighted by Crippen LogP contribution is -2.40. The molecule has 0 aromatic heterocycles. The average molecular weight is 466 g/mol. The predicted molar refractivity (Wildman–Crippen MR) is 115 cm³/mol. The van der Waals surface area contributed by atoms with Crippen LogP contribution >= 0.6 is 15.9 Å². The van der Waals surface area contributed by atoms with Crippen LogP contribution in [0.25, 0.3) is 5.70 Å². The summed E-state index contributed by atoms with van der Waals surface area (Å²) in [6.45, 7) is 0. The molecule has 4 nitrogen and oxygen atoms in total. The van der Waals surface area contributed by atoms with E-state index in [1.165, 1.54) is 0 Å². The molecule has 0 saturated heterocycles. The van der Waals surface area contributed by atoms with Crippen molar-refractivity contribution < 1.29 is 13.2 Å². The second-order valence-corrected chi connectivity index (χ2v) is 9.79. The molecule has 0 fully saturated rings. The molecule has 6 heteroatoms. The first-order valence-electron chi connectivity index (χ1n) is 9.19. The Hall–Kier alpha value is -2.70. The average Bonchev–Trinajstić information content (AvgIpc) is 2.97. The van der Waals surface area contributed by atoms with Crippen molar-refractivity contribution in [3.63, 3.8) is 0 Å². The molecule has 3 aromatic rings. The Morgan fingerprint density at radius 2 is 1.45 bits per heavy atom. The summed E-state index contributed by atoms with van der Waals surface area (Å²) < 4.78 is 28.2. The van der Waals surface area contributed by atoms with Crippen molar-refractivity contribution in [2.45, 2.75) is 16.7 Å². The molecule has 29 heavy (non-hydrogen) atoms. The Morgan fingerprint density at radius 3 is 2.17 bits per heavy atom. The van der Waals surface area contributed by atoms with Crippen LogP contribution in [0, 0.1) is 0 Å². The highest BCUT2D eigenvalue weighted by Crippen LogP contribution is 2.49. The second-order valence-electron chi connectivity index (χ2n) is 7.12. The van der Waals surface area contributed by atoms with Crippen LogP contribution in [0.1, 0.15) is 28.5 Å². The van der Waals surface area contributed by atoms with Gasteiger partial charge in [-0.2, -0.15) is 0 Å². The summed E-state index contributed by atoms with van der Waals surface area (Å²) in [4.78, 5) is 13.8. The number of benzene rings is 3. The van der Waals surface area contributed by atoms with E-state index in [1.807, 2.05) is 60.7 Å². The Balaban J connectivity index is 1.76. The molecule has 0 saturated carbocycles. The smallest absolute Gasteiger partial charge is 0.271 e. The third-order valence-electron chi connectivity index (χ3n) is 5.48. The minimum absolute atomic E-state index is 0.183. The number of carbonyl (C=O) groups is 1. The maximum absolute atomic E-state index is 13.6. The molecule has 0 N–H and O–H groups in total. The van der Waals surface area contributed by atoms with Gasteiger partial charge in [-0.1, -0.05) is 82.7 Å². The van der Waals surface area contributed by atoms with E-state index in [1.54, 1.807) is 24.3 Å². The van der Waals surface area contributed by atoms with Crippen LogP contribution in [-0.4, -0.2) is 18.6 Å². The molecular weight excluding hydrogens is 450 g/mol. The summed E-state index contributed by atoms with van der Waals surface area (Å²) in [5.74, 6) is -1.31. The summed E-state index contributed by atoms with van der Waals surface area (Å²) in [5.41, 5.74) is 2.79. The highest BCUT2D eigenvalue weighted by Gasteiger charge is 2.49. The number of allylic oxidation sites excluding steroid dienone is 1. The van der Waals surface area contributed by atoms with E-state index < -0.39 is 21.8 Å². The van der Waals surface area contributed by atoms with Gasteiger partial charge in [0.05, 0.1) is 16.5 Å². The van der Waals surface area contributed by atoms with Crippen molar-refractivity contribution in [3.05, 3.63) is 106 Å². The molecule has 3 aromatic carbocycles. The zero-order valence-electron chi connectivity index (χ0n) is 15.2. The van der Waals surface area contributed by atoms with Crippen molar-refractivity contribution in [2.24, 2.45) is 0 Å². The molecule has 2 aliphatic rings. The maximum atomic E-state index is 13.6. The van der Waals surface area contributed by atoms with E-state index in [4.69, 9.17) is 0 Å². The Labute approximate surface area is 177 Å². The maximum Gasteiger partial charge on any atom is 0.271 e. The van der Waals surface area contributed by atoms with Crippen LogP contribution in [0.5, 0.6) is 0 Å². The molecular formula is C23H16BrNO3S. The van der Waals surface area contributed by atoms with Gasteiger partial charge in [0.25, 0.3) is 10.0 Å². The zero-order valence-corrected chi connectivity index (χ0v) is 17.6. The number of amides is 1. The number of fused-ring (bicyclic) bond motifs is 3. The van der Waals surface area contributed by atoms with Gasteiger partial charge < -0.3 is 0 Å². The number of carbonyl (C=O) groups excluding carboxylic acids is 1. The lowest BCUT2D eigenvalue weighted by atomic mass is 9.78. The fourth-order valence-corrected chi connectivity index (χ4v) is 6.10. The first-order chi connectivity index (χ1) is 14.0. The largest absolute Gasteiger partial charge is 0.273 e. The first kappa shape index (κ1) is 18.3. The van der Waals surface area contributed by atoms with Crippen LogP contribution in [0.15, 0.2) is 94.3 Å². The Kier molecular flexibility index (Phi) is 4.22. The zero-order chi connectivity index (χ0) is 20.2. The highest BCUT2D eigenvalue weighted by atomic mass is 79.9. The van der Waals surface area contributed by atoms with E-state index in [9.17, 15) is 13.2 Å². The van der Waals surface area contributed by atoms with Crippen LogP contribution in [0.3, 0.4) is 0 Å². The summed E-state index contributed by atoms with van der Waals surface area (Å²) >= 11 is 3.45. The minimum atomic E-state index is -3.90. The number of hydrogen-bond donors (Lipinski definition) is 0. The normalized spacial score (nSPS) is 22.0. The molecule has 0 radical (unpaired) electrons. The van der Waals surface area contributed by atoms with Gasteiger partial charge in [-0.3, -0.25) is 4.79 Å². The predicted octanol–water partition coefficient (Wildman–Crippen LogP) is 4.90. The van der Waals surface area contributed by atoms with Gasteiger partial charge in [0, 0.05) is 16.0 Å². The molecule has 2 aliphatic heterocycles. The standard InChI is InChI=1S/C23H16BrNO3S/c24-17-12-10-15(11-13-17)19-14-20-18-8-4-5-9-21(18)29(27,28)25(20)23(26)22(19)16-6-2-1-3-7-16/h1-14,19,22H/t19-,22-/m1/s1. The SMILES string of the molecule is O=C1[C@H](c2ccccc2)[C@@H](c2ccc(Br)cc2)C=C2c3ccccc3S(=O)(=O)N12. The molecule has 2 heterocycles. The monoisotopic (exact) mass is 465 g/mol.